The largest absolute Gasteiger partial charge is 0.378 e. The van der Waals surface area contributed by atoms with Crippen LogP contribution in [0.15, 0.2) is 60.8 Å². The van der Waals surface area contributed by atoms with Gasteiger partial charge in [-0.25, -0.2) is 4.98 Å². The second-order valence-electron chi connectivity index (χ2n) is 6.04. The number of benzene rings is 1. The number of nitrogens with zero attached hydrogens (tertiary/aromatic N) is 4. The fraction of sp³-hybridized carbons (Fsp3) is 0.190. The maximum Gasteiger partial charge on any atom is 0.109 e. The molecule has 0 spiro atoms. The van der Waals surface area contributed by atoms with Crippen molar-refractivity contribution >= 4 is 5.69 Å². The van der Waals surface area contributed by atoms with E-state index in [0.29, 0.717) is 30.2 Å². The quantitative estimate of drug-likeness (QED) is 0.729. The molecule has 0 aliphatic carbocycles. The first kappa shape index (κ1) is 16.2. The summed E-state index contributed by atoms with van der Waals surface area (Å²) in [6, 6.07) is 20.0. The second-order valence-corrected chi connectivity index (χ2v) is 6.04. The first-order valence-electron chi connectivity index (χ1n) is 8.61. The molecule has 0 atom stereocenters. The lowest BCUT2D eigenvalue weighted by molar-refractivity contribution is 0.122. The zero-order valence-corrected chi connectivity index (χ0v) is 14.3. The van der Waals surface area contributed by atoms with Crippen LogP contribution in [0.4, 0.5) is 5.69 Å². The number of anilines is 1. The zero-order chi connectivity index (χ0) is 17.8. The minimum atomic E-state index is 0.560. The Labute approximate surface area is 152 Å². The van der Waals surface area contributed by atoms with Crippen molar-refractivity contribution < 1.29 is 4.74 Å². The van der Waals surface area contributed by atoms with Crippen LogP contribution in [-0.4, -0.2) is 36.3 Å². The highest BCUT2D eigenvalue weighted by atomic mass is 16.5. The molecule has 1 fully saturated rings. The summed E-state index contributed by atoms with van der Waals surface area (Å²) < 4.78 is 5.47. The van der Waals surface area contributed by atoms with Crippen LogP contribution in [0, 0.1) is 11.3 Å². The first-order chi connectivity index (χ1) is 12.9. The number of rotatable bonds is 3. The molecule has 5 heteroatoms. The molecular weight excluding hydrogens is 324 g/mol. The lowest BCUT2D eigenvalue weighted by Crippen LogP contribution is -2.36. The molecule has 5 nitrogen and oxygen atoms in total. The summed E-state index contributed by atoms with van der Waals surface area (Å²) in [6.07, 6.45) is 1.72. The van der Waals surface area contributed by atoms with E-state index in [9.17, 15) is 5.26 Å². The van der Waals surface area contributed by atoms with Gasteiger partial charge in [-0.3, -0.25) is 4.98 Å². The molecule has 0 unspecified atom stereocenters. The molecule has 0 N–H and O–H groups in total. The first-order valence-corrected chi connectivity index (χ1v) is 8.61. The number of nitriles is 1. The van der Waals surface area contributed by atoms with Crippen molar-refractivity contribution in [1.29, 1.82) is 5.26 Å². The molecule has 1 aliphatic heterocycles. The van der Waals surface area contributed by atoms with Crippen LogP contribution in [0.1, 0.15) is 5.56 Å². The lowest BCUT2D eigenvalue weighted by Gasteiger charge is -2.30. The highest BCUT2D eigenvalue weighted by molar-refractivity contribution is 5.79. The summed E-state index contributed by atoms with van der Waals surface area (Å²) in [5.41, 5.74) is 4.64. The van der Waals surface area contributed by atoms with Gasteiger partial charge in [0.25, 0.3) is 0 Å². The maximum atomic E-state index is 9.88. The van der Waals surface area contributed by atoms with Gasteiger partial charge in [-0.05, 0) is 18.2 Å². The fourth-order valence-electron chi connectivity index (χ4n) is 3.14. The van der Waals surface area contributed by atoms with Gasteiger partial charge in [-0.2, -0.15) is 5.26 Å². The van der Waals surface area contributed by atoms with Crippen LogP contribution in [0.3, 0.4) is 0 Å². The fourth-order valence-corrected chi connectivity index (χ4v) is 3.14. The van der Waals surface area contributed by atoms with E-state index in [2.05, 4.69) is 16.0 Å². The van der Waals surface area contributed by atoms with E-state index in [1.165, 1.54) is 0 Å². The minimum absolute atomic E-state index is 0.560. The van der Waals surface area contributed by atoms with Crippen LogP contribution in [-0.2, 0) is 4.74 Å². The standard InChI is InChI=1S/C21H18N4O/c22-15-17-20(25-10-12-26-13-11-25)14-19(16-6-2-1-3-7-16)24-21(17)18-8-4-5-9-23-18/h1-9,14H,10-13H2. The molecule has 3 heterocycles. The van der Waals surface area contributed by atoms with Crippen LogP contribution in [0.25, 0.3) is 22.6 Å². The maximum absolute atomic E-state index is 9.88. The van der Waals surface area contributed by atoms with Crippen molar-refractivity contribution in [1.82, 2.24) is 9.97 Å². The number of pyridine rings is 2. The molecule has 0 saturated carbocycles. The van der Waals surface area contributed by atoms with Gasteiger partial charge in [-0.1, -0.05) is 36.4 Å². The predicted molar refractivity (Wildman–Crippen MR) is 101 cm³/mol. The smallest absolute Gasteiger partial charge is 0.109 e. The highest BCUT2D eigenvalue weighted by Crippen LogP contribution is 2.33. The molecule has 4 rings (SSSR count). The normalized spacial score (nSPS) is 14.0. The average molecular weight is 342 g/mol. The van der Waals surface area contributed by atoms with Gasteiger partial charge in [0.15, 0.2) is 0 Å². The van der Waals surface area contributed by atoms with Crippen LogP contribution in [0.5, 0.6) is 0 Å². The molecule has 1 saturated heterocycles. The molecule has 1 aliphatic rings. The molecule has 26 heavy (non-hydrogen) atoms. The molecular formula is C21H18N4O. The number of hydrogen-bond acceptors (Lipinski definition) is 5. The third-order valence-corrected chi connectivity index (χ3v) is 4.44. The minimum Gasteiger partial charge on any atom is -0.378 e. The van der Waals surface area contributed by atoms with E-state index in [4.69, 9.17) is 9.72 Å². The predicted octanol–water partition coefficient (Wildman–Crippen LogP) is 3.52. The van der Waals surface area contributed by atoms with E-state index < -0.39 is 0 Å². The van der Waals surface area contributed by atoms with E-state index in [0.717, 1.165) is 30.0 Å². The topological polar surface area (TPSA) is 62.0 Å². The lowest BCUT2D eigenvalue weighted by atomic mass is 10.0. The second kappa shape index (κ2) is 7.34. The third kappa shape index (κ3) is 3.15. The molecule has 0 radical (unpaired) electrons. The van der Waals surface area contributed by atoms with Gasteiger partial charge >= 0.3 is 0 Å². The van der Waals surface area contributed by atoms with Crippen molar-refractivity contribution in [2.45, 2.75) is 0 Å². The summed E-state index contributed by atoms with van der Waals surface area (Å²) in [5.74, 6) is 0. The van der Waals surface area contributed by atoms with Crippen molar-refractivity contribution in [3.8, 4) is 28.7 Å². The van der Waals surface area contributed by atoms with Crippen molar-refractivity contribution in [3.63, 3.8) is 0 Å². The molecule has 1 aromatic carbocycles. The van der Waals surface area contributed by atoms with Gasteiger partial charge in [0.05, 0.1) is 30.3 Å². The Balaban J connectivity index is 1.93. The van der Waals surface area contributed by atoms with E-state index >= 15 is 0 Å². The van der Waals surface area contributed by atoms with Crippen molar-refractivity contribution in [2.75, 3.05) is 31.2 Å². The summed E-state index contributed by atoms with van der Waals surface area (Å²) in [7, 11) is 0. The Bertz CT molecular complexity index is 929. The monoisotopic (exact) mass is 342 g/mol. The highest BCUT2D eigenvalue weighted by Gasteiger charge is 2.21. The third-order valence-electron chi connectivity index (χ3n) is 4.44. The van der Waals surface area contributed by atoms with Gasteiger partial charge in [0.1, 0.15) is 17.3 Å². The van der Waals surface area contributed by atoms with Crippen LogP contribution < -0.4 is 4.90 Å². The SMILES string of the molecule is N#Cc1c(N2CCOCC2)cc(-c2ccccc2)nc1-c1ccccn1. The summed E-state index contributed by atoms with van der Waals surface area (Å²) in [6.45, 7) is 2.84. The number of ether oxygens (including phenoxy) is 1. The van der Waals surface area contributed by atoms with Crippen molar-refractivity contribution in [3.05, 3.63) is 66.4 Å². The Hall–Kier alpha value is -3.23. The molecule has 2 aromatic heterocycles. The van der Waals surface area contributed by atoms with Gasteiger partial charge in [-0.15, -0.1) is 0 Å². The van der Waals surface area contributed by atoms with E-state index in [-0.39, 0.29) is 0 Å². The average Bonchev–Trinajstić information content (AvgIpc) is 2.74. The Morgan fingerprint density at radius 1 is 0.962 bits per heavy atom. The number of hydrogen-bond donors (Lipinski definition) is 0. The molecule has 0 bridgehead atoms. The van der Waals surface area contributed by atoms with Gasteiger partial charge in [0.2, 0.25) is 0 Å². The van der Waals surface area contributed by atoms with E-state index in [1.807, 2.05) is 54.6 Å². The Morgan fingerprint density at radius 2 is 1.73 bits per heavy atom. The Kier molecular flexibility index (Phi) is 4.59. The summed E-state index contributed by atoms with van der Waals surface area (Å²) in [4.78, 5) is 11.4. The molecule has 128 valence electrons. The molecule has 0 amide bonds. The van der Waals surface area contributed by atoms with Crippen LogP contribution >= 0.6 is 0 Å². The number of aromatic nitrogens is 2. The molecule has 3 aromatic rings. The van der Waals surface area contributed by atoms with E-state index in [1.54, 1.807) is 6.20 Å². The Morgan fingerprint density at radius 3 is 2.42 bits per heavy atom. The number of morpholine rings is 1. The van der Waals surface area contributed by atoms with Crippen molar-refractivity contribution in [2.24, 2.45) is 0 Å². The van der Waals surface area contributed by atoms with Crippen LogP contribution in [0.2, 0.25) is 0 Å². The van der Waals surface area contributed by atoms with Gasteiger partial charge < -0.3 is 9.64 Å². The summed E-state index contributed by atoms with van der Waals surface area (Å²) in [5, 5.41) is 9.88. The summed E-state index contributed by atoms with van der Waals surface area (Å²) >= 11 is 0. The zero-order valence-electron chi connectivity index (χ0n) is 14.3. The van der Waals surface area contributed by atoms with Gasteiger partial charge in [0, 0.05) is 24.8 Å².